The second-order valence-corrected chi connectivity index (χ2v) is 12.7. The van der Waals surface area contributed by atoms with Crippen LogP contribution in [0.25, 0.3) is 0 Å². The normalized spacial score (nSPS) is 30.7. The molecule has 3 aromatic rings. The number of carbonyl (C=O) groups excluding carboxylic acids is 2. The van der Waals surface area contributed by atoms with Crippen molar-refractivity contribution in [1.29, 1.82) is 0 Å². The summed E-state index contributed by atoms with van der Waals surface area (Å²) in [5.41, 5.74) is 2.13. The number of amides is 2. The van der Waals surface area contributed by atoms with Crippen LogP contribution in [0, 0.1) is 29.6 Å². The lowest BCUT2D eigenvalue weighted by atomic mass is 9.68. The maximum Gasteiger partial charge on any atom is 0.323 e. The fourth-order valence-electron chi connectivity index (χ4n) is 7.26. The first-order valence-corrected chi connectivity index (χ1v) is 14.3. The number of hydrogen-bond donors (Lipinski definition) is 2. The highest BCUT2D eigenvalue weighted by Gasteiger charge is 2.69. The summed E-state index contributed by atoms with van der Waals surface area (Å²) in [6.07, 6.45) is 0.768. The van der Waals surface area contributed by atoms with Crippen LogP contribution in [0.1, 0.15) is 28.3 Å². The number of benzene rings is 2. The highest BCUT2D eigenvalue weighted by molar-refractivity contribution is 8.00. The quantitative estimate of drug-likeness (QED) is 0.453. The minimum Gasteiger partial charge on any atom is -0.489 e. The molecule has 2 aliphatic heterocycles. The first kappa shape index (κ1) is 23.7. The molecule has 38 heavy (non-hydrogen) atoms. The average Bonchev–Trinajstić information content (AvgIpc) is 3.64. The lowest BCUT2D eigenvalue weighted by molar-refractivity contribution is -0.149. The Morgan fingerprint density at radius 1 is 1.00 bits per heavy atom. The zero-order valence-electron chi connectivity index (χ0n) is 20.1. The Bertz CT molecular complexity index is 1500. The number of hydrogen-bond acceptors (Lipinski definition) is 7. The number of aromatic nitrogens is 1. The summed E-state index contributed by atoms with van der Waals surface area (Å²) in [7, 11) is 0. The number of carboxylic acid groups (broad SMARTS) is 1. The molecule has 0 unspecified atom stereocenters. The van der Waals surface area contributed by atoms with Gasteiger partial charge in [-0.05, 0) is 47.4 Å². The van der Waals surface area contributed by atoms with E-state index in [9.17, 15) is 24.3 Å². The molecule has 2 bridgehead atoms. The second kappa shape index (κ2) is 8.84. The Morgan fingerprint density at radius 3 is 2.42 bits per heavy atom. The molecule has 2 amide bonds. The molecule has 0 radical (unpaired) electrons. The fraction of sp³-hybridized carbons (Fsp3) is 0.357. The minimum absolute atomic E-state index is 0.0252. The van der Waals surface area contributed by atoms with Crippen LogP contribution >= 0.6 is 23.1 Å². The van der Waals surface area contributed by atoms with Gasteiger partial charge in [0.25, 0.3) is 0 Å². The highest BCUT2D eigenvalue weighted by atomic mass is 32.2. The van der Waals surface area contributed by atoms with Crippen molar-refractivity contribution < 1.29 is 24.2 Å². The van der Waals surface area contributed by atoms with Gasteiger partial charge < -0.3 is 14.8 Å². The van der Waals surface area contributed by atoms with Crippen molar-refractivity contribution in [2.45, 2.75) is 29.2 Å². The minimum atomic E-state index is -1.18. The van der Waals surface area contributed by atoms with Gasteiger partial charge in [-0.25, -0.2) is 0 Å². The third kappa shape index (κ3) is 3.57. The molecule has 7 atom stereocenters. The molecule has 0 spiro atoms. The van der Waals surface area contributed by atoms with Crippen LogP contribution in [0.3, 0.4) is 0 Å². The Morgan fingerprint density at radius 2 is 1.71 bits per heavy atom. The standard InChI is InChI=1S/C28H24N2O6S2/c31-18(32)11-30-26(33)21-16-10-17(22(21)27(30)34)23-20(16)19(24-25(37-23)29-28(35)38-24)14-6-8-15(9-7-14)36-12-13-4-2-1-3-5-13/h1-9,16-17,19-23H,10-12H2,(H,29,35)(H,31,32)/t16-,17-,19+,20-,21+,22-,23-/m1/s1. The number of carboxylic acids is 1. The van der Waals surface area contributed by atoms with Crippen LogP contribution in [-0.2, 0) is 21.0 Å². The topological polar surface area (TPSA) is 117 Å². The Hall–Kier alpha value is -3.37. The summed E-state index contributed by atoms with van der Waals surface area (Å²) in [4.78, 5) is 55.0. The van der Waals surface area contributed by atoms with Gasteiger partial charge in [0.05, 0.1) is 16.9 Å². The van der Waals surface area contributed by atoms with Gasteiger partial charge in [0.15, 0.2) is 0 Å². The second-order valence-electron chi connectivity index (χ2n) is 10.5. The molecular formula is C28H24N2O6S2. The number of thiazole rings is 1. The van der Waals surface area contributed by atoms with E-state index in [-0.39, 0.29) is 45.6 Å². The zero-order chi connectivity index (χ0) is 26.1. The number of carbonyl (C=O) groups is 3. The van der Waals surface area contributed by atoms with Crippen LogP contribution in [0.2, 0.25) is 0 Å². The van der Waals surface area contributed by atoms with Crippen molar-refractivity contribution >= 4 is 40.9 Å². The summed E-state index contributed by atoms with van der Waals surface area (Å²) in [5, 5.41) is 10.2. The van der Waals surface area contributed by atoms with Gasteiger partial charge in [-0.2, -0.15) is 0 Å². The van der Waals surface area contributed by atoms with E-state index in [0.29, 0.717) is 6.61 Å². The third-order valence-corrected chi connectivity index (χ3v) is 11.2. The number of nitrogens with one attached hydrogen (secondary N) is 1. The predicted molar refractivity (Wildman–Crippen MR) is 140 cm³/mol. The number of thioether (sulfide) groups is 1. The molecule has 1 saturated heterocycles. The largest absolute Gasteiger partial charge is 0.489 e. The van der Waals surface area contributed by atoms with Gasteiger partial charge in [0.1, 0.15) is 18.9 Å². The fourth-order valence-corrected chi connectivity index (χ4v) is 10.1. The number of aliphatic carboxylic acids is 1. The molecule has 2 saturated carbocycles. The van der Waals surface area contributed by atoms with Crippen molar-refractivity contribution in [3.05, 3.63) is 80.3 Å². The van der Waals surface area contributed by atoms with E-state index in [1.807, 2.05) is 54.6 Å². The van der Waals surface area contributed by atoms with Gasteiger partial charge in [-0.1, -0.05) is 53.8 Å². The molecule has 7 rings (SSSR count). The van der Waals surface area contributed by atoms with Crippen molar-refractivity contribution in [2.75, 3.05) is 6.54 Å². The number of rotatable bonds is 6. The predicted octanol–water partition coefficient (Wildman–Crippen LogP) is 3.57. The molecule has 2 aromatic carbocycles. The third-order valence-electron chi connectivity index (χ3n) is 8.60. The van der Waals surface area contributed by atoms with Crippen LogP contribution in [-0.4, -0.2) is 44.6 Å². The molecule has 8 nitrogen and oxygen atoms in total. The molecule has 3 fully saturated rings. The average molecular weight is 549 g/mol. The lowest BCUT2D eigenvalue weighted by Crippen LogP contribution is -2.42. The van der Waals surface area contributed by atoms with E-state index >= 15 is 0 Å². The summed E-state index contributed by atoms with van der Waals surface area (Å²) < 4.78 is 5.98. The molecule has 10 heteroatoms. The summed E-state index contributed by atoms with van der Waals surface area (Å²) >= 11 is 2.83. The van der Waals surface area contributed by atoms with Gasteiger partial charge in [0, 0.05) is 16.0 Å². The Kier molecular flexibility index (Phi) is 5.52. The number of aromatic amines is 1. The Labute approximate surface area is 226 Å². The van der Waals surface area contributed by atoms with Gasteiger partial charge in [-0.3, -0.25) is 24.1 Å². The SMILES string of the molecule is O=C(O)CN1C(=O)[C@@H]2[C@H]3C[C@@H]([C@@H]2C1=O)[C@@H]1[C@H](c2ccc(OCc4ccccc4)cc2)c2sc(=O)[nH]c2S[C@H]31. The molecule has 2 aliphatic carbocycles. The summed E-state index contributed by atoms with van der Waals surface area (Å²) in [6.45, 7) is -0.120. The monoisotopic (exact) mass is 548 g/mol. The van der Waals surface area contributed by atoms with Crippen LogP contribution in [0.5, 0.6) is 5.75 Å². The highest BCUT2D eigenvalue weighted by Crippen LogP contribution is 2.68. The van der Waals surface area contributed by atoms with E-state index < -0.39 is 24.3 Å². The summed E-state index contributed by atoms with van der Waals surface area (Å²) in [6, 6.07) is 17.9. The molecule has 194 valence electrons. The van der Waals surface area contributed by atoms with Crippen molar-refractivity contribution in [3.63, 3.8) is 0 Å². The lowest BCUT2D eigenvalue weighted by Gasteiger charge is -2.43. The maximum atomic E-state index is 13.3. The number of H-pyrrole nitrogens is 1. The molecule has 4 aliphatic rings. The van der Waals surface area contributed by atoms with Gasteiger partial charge in [0.2, 0.25) is 11.8 Å². The van der Waals surface area contributed by atoms with E-state index in [4.69, 9.17) is 4.74 Å². The van der Waals surface area contributed by atoms with Gasteiger partial charge >= 0.3 is 10.8 Å². The number of fused-ring (bicyclic) bond motifs is 9. The van der Waals surface area contributed by atoms with Crippen molar-refractivity contribution in [1.82, 2.24) is 9.88 Å². The number of ether oxygens (including phenoxy) is 1. The van der Waals surface area contributed by atoms with E-state index in [0.717, 1.165) is 38.1 Å². The smallest absolute Gasteiger partial charge is 0.323 e. The molecule has 1 aromatic heterocycles. The molecule has 3 heterocycles. The van der Waals surface area contributed by atoms with Crippen LogP contribution in [0.4, 0.5) is 0 Å². The molecule has 2 N–H and O–H groups in total. The van der Waals surface area contributed by atoms with Crippen molar-refractivity contribution in [3.8, 4) is 5.75 Å². The van der Waals surface area contributed by atoms with E-state index in [1.54, 1.807) is 11.8 Å². The van der Waals surface area contributed by atoms with Crippen LogP contribution in [0.15, 0.2) is 64.4 Å². The molecular weight excluding hydrogens is 524 g/mol. The van der Waals surface area contributed by atoms with E-state index in [1.165, 1.54) is 11.3 Å². The maximum absolute atomic E-state index is 13.3. The van der Waals surface area contributed by atoms with Gasteiger partial charge in [-0.15, -0.1) is 11.8 Å². The summed E-state index contributed by atoms with van der Waals surface area (Å²) in [5.74, 6) is -2.18. The number of nitrogens with zero attached hydrogens (tertiary/aromatic N) is 1. The number of likely N-dealkylation sites (tertiary alicyclic amines) is 1. The first-order chi connectivity index (χ1) is 18.4. The first-order valence-electron chi connectivity index (χ1n) is 12.6. The van der Waals surface area contributed by atoms with Crippen LogP contribution < -0.4 is 9.61 Å². The zero-order valence-corrected chi connectivity index (χ0v) is 21.7. The van der Waals surface area contributed by atoms with Crippen molar-refractivity contribution in [2.24, 2.45) is 29.6 Å². The Balaban J connectivity index is 1.21. The van der Waals surface area contributed by atoms with E-state index in [2.05, 4.69) is 4.98 Å². The number of imide groups is 1.